The lowest BCUT2D eigenvalue weighted by atomic mass is 10.1. The van der Waals surface area contributed by atoms with Gasteiger partial charge in [-0.2, -0.15) is 0 Å². The van der Waals surface area contributed by atoms with Crippen molar-refractivity contribution >= 4 is 16.9 Å². The van der Waals surface area contributed by atoms with Gasteiger partial charge in [-0.1, -0.05) is 6.07 Å². The van der Waals surface area contributed by atoms with Crippen molar-refractivity contribution in [2.24, 2.45) is 0 Å². The molecule has 4 N–H and O–H groups in total. The van der Waals surface area contributed by atoms with E-state index in [9.17, 15) is 14.4 Å². The fourth-order valence-electron chi connectivity index (χ4n) is 2.28. The van der Waals surface area contributed by atoms with Crippen molar-refractivity contribution in [1.29, 1.82) is 0 Å². The van der Waals surface area contributed by atoms with Crippen molar-refractivity contribution in [3.05, 3.63) is 68.5 Å². The third-order valence-corrected chi connectivity index (χ3v) is 3.45. The second-order valence-corrected chi connectivity index (χ2v) is 4.99. The molecule has 0 fully saturated rings. The maximum atomic E-state index is 12.1. The SMILES string of the molecule is C[C@@H](NC(=O)c1ccc[nH]c1=O)c1ccc2[nH]c(=O)[nH]c2c1. The van der Waals surface area contributed by atoms with Gasteiger partial charge in [-0.05, 0) is 36.8 Å². The predicted molar refractivity (Wildman–Crippen MR) is 81.9 cm³/mol. The van der Waals surface area contributed by atoms with Gasteiger partial charge in [0.2, 0.25) is 0 Å². The first-order valence-electron chi connectivity index (χ1n) is 6.75. The molecule has 0 saturated carbocycles. The smallest absolute Gasteiger partial charge is 0.323 e. The third-order valence-electron chi connectivity index (χ3n) is 3.45. The number of rotatable bonds is 3. The van der Waals surface area contributed by atoms with E-state index in [-0.39, 0.29) is 17.3 Å². The molecule has 0 bridgehead atoms. The van der Waals surface area contributed by atoms with Crippen LogP contribution in [-0.2, 0) is 0 Å². The summed E-state index contributed by atoms with van der Waals surface area (Å²) in [6.45, 7) is 1.81. The van der Waals surface area contributed by atoms with Crippen molar-refractivity contribution in [3.63, 3.8) is 0 Å². The first-order chi connectivity index (χ1) is 10.5. The van der Waals surface area contributed by atoms with E-state index in [4.69, 9.17) is 0 Å². The van der Waals surface area contributed by atoms with Gasteiger partial charge in [-0.25, -0.2) is 4.79 Å². The molecule has 0 aliphatic rings. The van der Waals surface area contributed by atoms with E-state index < -0.39 is 11.5 Å². The number of benzene rings is 1. The largest absolute Gasteiger partial charge is 0.345 e. The number of hydrogen-bond acceptors (Lipinski definition) is 3. The molecule has 0 radical (unpaired) electrons. The molecular weight excluding hydrogens is 284 g/mol. The van der Waals surface area contributed by atoms with Crippen LogP contribution in [0.1, 0.15) is 28.9 Å². The predicted octanol–water partition coefficient (Wildman–Crippen LogP) is 1.04. The molecule has 7 heteroatoms. The van der Waals surface area contributed by atoms with Gasteiger partial charge in [0.25, 0.3) is 11.5 Å². The number of H-pyrrole nitrogens is 3. The topological polar surface area (TPSA) is 111 Å². The number of carbonyl (C=O) groups is 1. The number of imidazole rings is 1. The number of nitrogens with one attached hydrogen (secondary N) is 4. The molecule has 22 heavy (non-hydrogen) atoms. The van der Waals surface area contributed by atoms with Crippen LogP contribution >= 0.6 is 0 Å². The highest BCUT2D eigenvalue weighted by molar-refractivity contribution is 5.94. The lowest BCUT2D eigenvalue weighted by Crippen LogP contribution is -2.31. The highest BCUT2D eigenvalue weighted by Gasteiger charge is 2.14. The Labute approximate surface area is 124 Å². The normalized spacial score (nSPS) is 12.2. The molecule has 0 unspecified atom stereocenters. The van der Waals surface area contributed by atoms with Crippen LogP contribution in [0.2, 0.25) is 0 Å². The van der Waals surface area contributed by atoms with Crippen LogP contribution in [0.15, 0.2) is 46.1 Å². The van der Waals surface area contributed by atoms with Crippen LogP contribution in [0.25, 0.3) is 11.0 Å². The molecule has 1 atom stereocenters. The lowest BCUT2D eigenvalue weighted by Gasteiger charge is -2.14. The van der Waals surface area contributed by atoms with E-state index in [0.717, 1.165) is 5.56 Å². The lowest BCUT2D eigenvalue weighted by molar-refractivity contribution is 0.0938. The van der Waals surface area contributed by atoms with Gasteiger partial charge < -0.3 is 20.3 Å². The van der Waals surface area contributed by atoms with Gasteiger partial charge in [0.05, 0.1) is 17.1 Å². The molecule has 7 nitrogen and oxygen atoms in total. The molecule has 0 saturated heterocycles. The zero-order valence-corrected chi connectivity index (χ0v) is 11.8. The van der Waals surface area contributed by atoms with Crippen molar-refractivity contribution < 1.29 is 4.79 Å². The Kier molecular flexibility index (Phi) is 3.38. The number of carbonyl (C=O) groups excluding carboxylic acids is 1. The minimum absolute atomic E-state index is 0.0606. The summed E-state index contributed by atoms with van der Waals surface area (Å²) < 4.78 is 0. The van der Waals surface area contributed by atoms with E-state index in [1.807, 2.05) is 6.07 Å². The van der Waals surface area contributed by atoms with E-state index in [1.54, 1.807) is 25.1 Å². The molecule has 3 aromatic rings. The quantitative estimate of drug-likeness (QED) is 0.579. The Morgan fingerprint density at radius 1 is 1.14 bits per heavy atom. The molecule has 3 rings (SSSR count). The van der Waals surface area contributed by atoms with Gasteiger partial charge in [0.1, 0.15) is 5.56 Å². The summed E-state index contributed by atoms with van der Waals surface area (Å²) in [4.78, 5) is 42.8. The second kappa shape index (κ2) is 5.36. The Hall–Kier alpha value is -3.09. The van der Waals surface area contributed by atoms with Crippen LogP contribution in [-0.4, -0.2) is 20.9 Å². The number of amides is 1. The molecule has 2 heterocycles. The van der Waals surface area contributed by atoms with Gasteiger partial charge in [-0.3, -0.25) is 9.59 Å². The minimum Gasteiger partial charge on any atom is -0.345 e. The second-order valence-electron chi connectivity index (χ2n) is 4.99. The highest BCUT2D eigenvalue weighted by Crippen LogP contribution is 2.17. The average molecular weight is 298 g/mol. The van der Waals surface area contributed by atoms with Crippen molar-refractivity contribution in [1.82, 2.24) is 20.3 Å². The number of hydrogen-bond donors (Lipinski definition) is 4. The molecule has 0 aliphatic carbocycles. The molecule has 112 valence electrons. The van der Waals surface area contributed by atoms with Crippen molar-refractivity contribution in [2.45, 2.75) is 13.0 Å². The zero-order valence-electron chi connectivity index (χ0n) is 11.8. The van der Waals surface area contributed by atoms with Gasteiger partial charge in [0.15, 0.2) is 0 Å². The Morgan fingerprint density at radius 3 is 2.68 bits per heavy atom. The summed E-state index contributed by atoms with van der Waals surface area (Å²) in [6.07, 6.45) is 1.47. The summed E-state index contributed by atoms with van der Waals surface area (Å²) in [6, 6.07) is 8.11. The standard InChI is InChI=1S/C15H14N4O3/c1-8(17-14(21)10-3-2-6-16-13(10)20)9-4-5-11-12(7-9)19-15(22)18-11/h2-8H,1H3,(H,16,20)(H,17,21)(H2,18,19,22)/t8-/m1/s1. The van der Waals surface area contributed by atoms with Crippen LogP contribution in [0, 0.1) is 0 Å². The van der Waals surface area contributed by atoms with Crippen molar-refractivity contribution in [3.8, 4) is 0 Å². The van der Waals surface area contributed by atoms with Gasteiger partial charge >= 0.3 is 5.69 Å². The maximum absolute atomic E-state index is 12.1. The van der Waals surface area contributed by atoms with Crippen molar-refractivity contribution in [2.75, 3.05) is 0 Å². The van der Waals surface area contributed by atoms with E-state index in [2.05, 4.69) is 20.3 Å². The number of aromatic amines is 3. The van der Waals surface area contributed by atoms with Gasteiger partial charge in [-0.15, -0.1) is 0 Å². The average Bonchev–Trinajstić information content (AvgIpc) is 2.86. The molecule has 1 amide bonds. The Balaban J connectivity index is 1.85. The molecule has 0 spiro atoms. The number of pyridine rings is 1. The van der Waals surface area contributed by atoms with Gasteiger partial charge in [0, 0.05) is 6.20 Å². The minimum atomic E-state index is -0.447. The molecule has 2 aromatic heterocycles. The monoisotopic (exact) mass is 298 g/mol. The first kappa shape index (κ1) is 13.9. The fourth-order valence-corrected chi connectivity index (χ4v) is 2.28. The third kappa shape index (κ3) is 2.56. The number of aromatic nitrogens is 3. The first-order valence-corrected chi connectivity index (χ1v) is 6.75. The number of fused-ring (bicyclic) bond motifs is 1. The van der Waals surface area contributed by atoms with E-state index in [1.165, 1.54) is 12.3 Å². The summed E-state index contributed by atoms with van der Waals surface area (Å²) in [5.74, 6) is -0.447. The summed E-state index contributed by atoms with van der Waals surface area (Å²) in [7, 11) is 0. The fraction of sp³-hybridized carbons (Fsp3) is 0.133. The van der Waals surface area contributed by atoms with E-state index in [0.29, 0.717) is 11.0 Å². The summed E-state index contributed by atoms with van der Waals surface area (Å²) in [5, 5.41) is 2.76. The molecule has 1 aromatic carbocycles. The maximum Gasteiger partial charge on any atom is 0.323 e. The Bertz CT molecular complexity index is 951. The zero-order chi connectivity index (χ0) is 15.7. The van der Waals surface area contributed by atoms with Crippen LogP contribution in [0.3, 0.4) is 0 Å². The van der Waals surface area contributed by atoms with E-state index >= 15 is 0 Å². The molecule has 0 aliphatic heterocycles. The highest BCUT2D eigenvalue weighted by atomic mass is 16.2. The summed E-state index contributed by atoms with van der Waals surface area (Å²) >= 11 is 0. The van der Waals surface area contributed by atoms with Crippen LogP contribution in [0.4, 0.5) is 0 Å². The molecular formula is C15H14N4O3. The Morgan fingerprint density at radius 2 is 1.91 bits per heavy atom. The van der Waals surface area contributed by atoms with Crippen LogP contribution in [0.5, 0.6) is 0 Å². The summed E-state index contributed by atoms with van der Waals surface area (Å²) in [5.41, 5.74) is 1.54. The van der Waals surface area contributed by atoms with Crippen LogP contribution < -0.4 is 16.6 Å².